The van der Waals surface area contributed by atoms with Gasteiger partial charge in [0.15, 0.2) is 0 Å². The Balaban J connectivity index is 2.46. The van der Waals surface area contributed by atoms with Crippen molar-refractivity contribution in [1.29, 1.82) is 0 Å². The van der Waals surface area contributed by atoms with Crippen LogP contribution >= 0.6 is 15.9 Å². The first-order valence-corrected chi connectivity index (χ1v) is 5.48. The van der Waals surface area contributed by atoms with Gasteiger partial charge in [0.2, 0.25) is 0 Å². The van der Waals surface area contributed by atoms with E-state index in [1.165, 1.54) is 11.1 Å². The molecule has 0 saturated heterocycles. The van der Waals surface area contributed by atoms with Crippen molar-refractivity contribution in [3.8, 4) is 0 Å². The fourth-order valence-corrected chi connectivity index (χ4v) is 2.11. The lowest BCUT2D eigenvalue weighted by Gasteiger charge is -2.00. The highest BCUT2D eigenvalue weighted by Crippen LogP contribution is 2.24. The summed E-state index contributed by atoms with van der Waals surface area (Å²) in [6.07, 6.45) is 0.890. The molecule has 0 aliphatic carbocycles. The van der Waals surface area contributed by atoms with E-state index in [0.29, 0.717) is 0 Å². The Labute approximate surface area is 91.6 Å². The average molecular weight is 253 g/mol. The van der Waals surface area contributed by atoms with Gasteiger partial charge in [-0.3, -0.25) is 0 Å². The van der Waals surface area contributed by atoms with Crippen molar-refractivity contribution in [3.63, 3.8) is 0 Å². The van der Waals surface area contributed by atoms with Gasteiger partial charge in [-0.2, -0.15) is 0 Å². The summed E-state index contributed by atoms with van der Waals surface area (Å²) >= 11 is 3.51. The van der Waals surface area contributed by atoms with Crippen LogP contribution in [0.25, 0.3) is 10.9 Å². The Hall–Kier alpha value is -0.800. The maximum Gasteiger partial charge on any atom is 0.0600 e. The van der Waals surface area contributed by atoms with Gasteiger partial charge in [-0.05, 0) is 35.0 Å². The number of aromatic nitrogens is 1. The molecule has 2 aromatic rings. The lowest BCUT2D eigenvalue weighted by Crippen LogP contribution is -2.17. The topological polar surface area (TPSA) is 41.8 Å². The quantitative estimate of drug-likeness (QED) is 0.849. The number of hydrogen-bond donors (Lipinski definition) is 2. The van der Waals surface area contributed by atoms with Gasteiger partial charge in [0, 0.05) is 28.0 Å². The molecule has 0 spiro atoms. The Morgan fingerprint density at radius 3 is 2.93 bits per heavy atom. The van der Waals surface area contributed by atoms with Crippen LogP contribution in [0.3, 0.4) is 0 Å². The maximum atomic E-state index is 5.75. The third kappa shape index (κ3) is 1.83. The molecule has 0 radical (unpaired) electrons. The SMILES string of the molecule is CC(N)Cc1cc2cccc(Br)c2[nH]1. The van der Waals surface area contributed by atoms with Gasteiger partial charge in [-0.25, -0.2) is 0 Å². The van der Waals surface area contributed by atoms with E-state index < -0.39 is 0 Å². The molecule has 3 N–H and O–H groups in total. The largest absolute Gasteiger partial charge is 0.357 e. The number of fused-ring (bicyclic) bond motifs is 1. The van der Waals surface area contributed by atoms with Crippen LogP contribution < -0.4 is 5.73 Å². The van der Waals surface area contributed by atoms with Gasteiger partial charge in [-0.15, -0.1) is 0 Å². The molecule has 2 nitrogen and oxygen atoms in total. The lowest BCUT2D eigenvalue weighted by molar-refractivity contribution is 0.727. The summed E-state index contributed by atoms with van der Waals surface area (Å²) in [5.74, 6) is 0. The second kappa shape index (κ2) is 3.75. The normalized spacial score (nSPS) is 13.4. The van der Waals surface area contributed by atoms with E-state index in [1.54, 1.807) is 0 Å². The average Bonchev–Trinajstić information content (AvgIpc) is 2.47. The fourth-order valence-electron chi connectivity index (χ4n) is 1.63. The predicted octanol–water partition coefficient (Wildman–Crippen LogP) is 2.82. The molecule has 3 heteroatoms. The Kier molecular flexibility index (Phi) is 2.61. The standard InChI is InChI=1S/C11H13BrN2/c1-7(13)5-9-6-8-3-2-4-10(12)11(8)14-9/h2-4,6-7,14H,5,13H2,1H3. The van der Waals surface area contributed by atoms with Gasteiger partial charge in [-0.1, -0.05) is 12.1 Å². The molecule has 1 unspecified atom stereocenters. The number of nitrogens with two attached hydrogens (primary N) is 1. The van der Waals surface area contributed by atoms with Gasteiger partial charge in [0.25, 0.3) is 0 Å². The zero-order valence-electron chi connectivity index (χ0n) is 8.05. The highest BCUT2D eigenvalue weighted by atomic mass is 79.9. The molecular weight excluding hydrogens is 240 g/mol. The van der Waals surface area contributed by atoms with Crippen molar-refractivity contribution in [1.82, 2.24) is 4.98 Å². The molecular formula is C11H13BrN2. The molecule has 1 heterocycles. The van der Waals surface area contributed by atoms with Gasteiger partial charge in [0.05, 0.1) is 5.52 Å². The summed E-state index contributed by atoms with van der Waals surface area (Å²) < 4.78 is 1.10. The smallest absolute Gasteiger partial charge is 0.0600 e. The number of rotatable bonds is 2. The van der Waals surface area contributed by atoms with E-state index in [0.717, 1.165) is 16.4 Å². The molecule has 1 atom stereocenters. The van der Waals surface area contributed by atoms with Crippen LogP contribution in [0, 0.1) is 0 Å². The predicted molar refractivity (Wildman–Crippen MR) is 63.4 cm³/mol. The van der Waals surface area contributed by atoms with Crippen molar-refractivity contribution in [2.45, 2.75) is 19.4 Å². The number of hydrogen-bond acceptors (Lipinski definition) is 1. The minimum absolute atomic E-state index is 0.196. The first kappa shape index (κ1) is 9.74. The molecule has 0 bridgehead atoms. The van der Waals surface area contributed by atoms with Crippen LogP contribution in [-0.4, -0.2) is 11.0 Å². The number of benzene rings is 1. The summed E-state index contributed by atoms with van der Waals surface area (Å²) in [7, 11) is 0. The highest BCUT2D eigenvalue weighted by molar-refractivity contribution is 9.10. The fraction of sp³-hybridized carbons (Fsp3) is 0.273. The van der Waals surface area contributed by atoms with Gasteiger partial charge < -0.3 is 10.7 Å². The monoisotopic (exact) mass is 252 g/mol. The summed E-state index contributed by atoms with van der Waals surface area (Å²) in [5.41, 5.74) is 8.10. The molecule has 1 aromatic carbocycles. The van der Waals surface area contributed by atoms with Crippen molar-refractivity contribution < 1.29 is 0 Å². The molecule has 2 rings (SSSR count). The van der Waals surface area contributed by atoms with Crippen LogP contribution in [0.15, 0.2) is 28.7 Å². The molecule has 14 heavy (non-hydrogen) atoms. The first-order valence-electron chi connectivity index (χ1n) is 4.68. The van der Waals surface area contributed by atoms with E-state index >= 15 is 0 Å². The maximum absolute atomic E-state index is 5.75. The third-order valence-electron chi connectivity index (χ3n) is 2.20. The van der Waals surface area contributed by atoms with Crippen LogP contribution in [0.5, 0.6) is 0 Å². The molecule has 0 aliphatic rings. The second-order valence-electron chi connectivity index (χ2n) is 3.68. The van der Waals surface area contributed by atoms with E-state index in [-0.39, 0.29) is 6.04 Å². The number of nitrogens with one attached hydrogen (secondary N) is 1. The van der Waals surface area contributed by atoms with Crippen molar-refractivity contribution in [3.05, 3.63) is 34.4 Å². The molecule has 0 saturated carbocycles. The van der Waals surface area contributed by atoms with Crippen molar-refractivity contribution in [2.24, 2.45) is 5.73 Å². The third-order valence-corrected chi connectivity index (χ3v) is 2.86. The number of para-hydroxylation sites is 1. The van der Waals surface area contributed by atoms with Crippen LogP contribution in [-0.2, 0) is 6.42 Å². The Bertz CT molecular complexity index is 445. The van der Waals surface area contributed by atoms with E-state index in [2.05, 4.69) is 33.0 Å². The highest BCUT2D eigenvalue weighted by Gasteiger charge is 2.04. The molecule has 0 fully saturated rings. The Morgan fingerprint density at radius 1 is 1.50 bits per heavy atom. The van der Waals surface area contributed by atoms with Gasteiger partial charge >= 0.3 is 0 Å². The van der Waals surface area contributed by atoms with Crippen LogP contribution in [0.2, 0.25) is 0 Å². The summed E-state index contributed by atoms with van der Waals surface area (Å²) in [4.78, 5) is 3.37. The second-order valence-corrected chi connectivity index (χ2v) is 4.53. The van der Waals surface area contributed by atoms with Crippen molar-refractivity contribution in [2.75, 3.05) is 0 Å². The number of H-pyrrole nitrogens is 1. The van der Waals surface area contributed by atoms with E-state index in [1.807, 2.05) is 19.1 Å². The summed E-state index contributed by atoms with van der Waals surface area (Å²) in [6, 6.07) is 8.52. The van der Waals surface area contributed by atoms with E-state index in [4.69, 9.17) is 5.73 Å². The van der Waals surface area contributed by atoms with E-state index in [9.17, 15) is 0 Å². The molecule has 0 aliphatic heterocycles. The molecule has 0 amide bonds. The first-order chi connectivity index (χ1) is 6.66. The van der Waals surface area contributed by atoms with Crippen molar-refractivity contribution >= 4 is 26.8 Å². The van der Waals surface area contributed by atoms with Crippen LogP contribution in [0.4, 0.5) is 0 Å². The number of aromatic amines is 1. The number of halogens is 1. The van der Waals surface area contributed by atoms with Crippen LogP contribution in [0.1, 0.15) is 12.6 Å². The summed E-state index contributed by atoms with van der Waals surface area (Å²) in [6.45, 7) is 2.01. The molecule has 74 valence electrons. The minimum Gasteiger partial charge on any atom is -0.357 e. The summed E-state index contributed by atoms with van der Waals surface area (Å²) in [5, 5.41) is 1.23. The molecule has 1 aromatic heterocycles. The minimum atomic E-state index is 0.196. The zero-order valence-corrected chi connectivity index (χ0v) is 9.64. The van der Waals surface area contributed by atoms with Gasteiger partial charge in [0.1, 0.15) is 0 Å². The zero-order chi connectivity index (χ0) is 10.1. The Morgan fingerprint density at radius 2 is 2.29 bits per heavy atom. The lowest BCUT2D eigenvalue weighted by atomic mass is 10.2.